The number of hydrogen-bond donors (Lipinski definition) is 2. The number of sulfone groups is 1. The number of nitrogens with one attached hydrogen (secondary N) is 2. The lowest BCUT2D eigenvalue weighted by Gasteiger charge is -2.19. The molecule has 0 aromatic rings. The number of nitrogens with zero attached hydrogens (tertiary/aromatic N) is 2. The number of hydrogen-bond acceptors (Lipinski definition) is 4. The predicted octanol–water partition coefficient (Wildman–Crippen LogP) is 1.61. The van der Waals surface area contributed by atoms with Crippen LogP contribution in [0.1, 0.15) is 45.4 Å². The summed E-state index contributed by atoms with van der Waals surface area (Å²) in [7, 11) is -2.85. The Morgan fingerprint density at radius 2 is 1.92 bits per heavy atom. The minimum absolute atomic E-state index is 0. The highest BCUT2D eigenvalue weighted by Gasteiger charge is 2.28. The number of likely N-dealkylation sites (tertiary alicyclic amines) is 1. The fourth-order valence-corrected chi connectivity index (χ4v) is 4.94. The van der Waals surface area contributed by atoms with Crippen LogP contribution in [0.5, 0.6) is 0 Å². The molecule has 1 atom stereocenters. The lowest BCUT2D eigenvalue weighted by atomic mass is 10.2. The van der Waals surface area contributed by atoms with Gasteiger partial charge in [-0.2, -0.15) is 0 Å². The van der Waals surface area contributed by atoms with Gasteiger partial charge in [-0.15, -0.1) is 24.0 Å². The van der Waals surface area contributed by atoms with Crippen molar-refractivity contribution in [3.05, 3.63) is 0 Å². The molecule has 0 aromatic carbocycles. The molecule has 1 unspecified atom stereocenters. The third-order valence-electron chi connectivity index (χ3n) is 4.52. The van der Waals surface area contributed by atoms with Crippen molar-refractivity contribution in [1.82, 2.24) is 15.5 Å². The van der Waals surface area contributed by atoms with Crippen LogP contribution in [0.25, 0.3) is 0 Å². The molecule has 2 N–H and O–H groups in total. The van der Waals surface area contributed by atoms with Crippen LogP contribution in [0, 0.1) is 0 Å². The molecule has 2 aliphatic heterocycles. The third-order valence-corrected chi connectivity index (χ3v) is 6.29. The van der Waals surface area contributed by atoms with Gasteiger partial charge in [-0.1, -0.05) is 12.8 Å². The molecule has 2 heterocycles. The maximum atomic E-state index is 11.5. The van der Waals surface area contributed by atoms with Gasteiger partial charge in [0.05, 0.1) is 11.5 Å². The van der Waals surface area contributed by atoms with Gasteiger partial charge in [0.15, 0.2) is 15.8 Å². The van der Waals surface area contributed by atoms with Gasteiger partial charge >= 0.3 is 0 Å². The van der Waals surface area contributed by atoms with Crippen molar-refractivity contribution in [2.75, 3.05) is 44.2 Å². The van der Waals surface area contributed by atoms with Crippen molar-refractivity contribution in [2.45, 2.75) is 51.5 Å². The Morgan fingerprint density at radius 3 is 2.50 bits per heavy atom. The summed E-state index contributed by atoms with van der Waals surface area (Å²) in [4.78, 5) is 7.15. The van der Waals surface area contributed by atoms with E-state index in [9.17, 15) is 8.42 Å². The van der Waals surface area contributed by atoms with Gasteiger partial charge in [0.25, 0.3) is 0 Å². The summed E-state index contributed by atoms with van der Waals surface area (Å²) in [6, 6.07) is 0.00315. The Kier molecular flexibility index (Phi) is 10.5. The second-order valence-electron chi connectivity index (χ2n) is 6.61. The number of halogens is 1. The van der Waals surface area contributed by atoms with Crippen LogP contribution in [0.3, 0.4) is 0 Å². The zero-order valence-electron chi connectivity index (χ0n) is 14.8. The molecule has 6 nitrogen and oxygen atoms in total. The van der Waals surface area contributed by atoms with E-state index >= 15 is 0 Å². The van der Waals surface area contributed by atoms with E-state index in [-0.39, 0.29) is 35.8 Å². The van der Waals surface area contributed by atoms with E-state index in [1.54, 1.807) is 0 Å². The van der Waals surface area contributed by atoms with Gasteiger partial charge < -0.3 is 15.5 Å². The van der Waals surface area contributed by atoms with Crippen LogP contribution in [-0.2, 0) is 9.84 Å². The van der Waals surface area contributed by atoms with Gasteiger partial charge in [-0.05, 0) is 52.2 Å². The molecule has 2 fully saturated rings. The average molecular weight is 472 g/mol. The van der Waals surface area contributed by atoms with E-state index in [0.29, 0.717) is 12.2 Å². The first kappa shape index (κ1) is 22.0. The van der Waals surface area contributed by atoms with Crippen molar-refractivity contribution in [3.8, 4) is 0 Å². The topological polar surface area (TPSA) is 73.8 Å². The first-order valence-corrected chi connectivity index (χ1v) is 10.9. The summed E-state index contributed by atoms with van der Waals surface area (Å²) >= 11 is 0. The smallest absolute Gasteiger partial charge is 0.191 e. The number of aliphatic imine (C=N–C) groups is 1. The first-order valence-electron chi connectivity index (χ1n) is 9.07. The average Bonchev–Trinajstić information content (AvgIpc) is 2.71. The normalized spacial score (nSPS) is 24.9. The van der Waals surface area contributed by atoms with E-state index in [1.165, 1.54) is 38.8 Å². The fraction of sp³-hybridized carbons (Fsp3) is 0.938. The summed E-state index contributed by atoms with van der Waals surface area (Å²) in [5.41, 5.74) is 0. The van der Waals surface area contributed by atoms with Crippen LogP contribution in [0.15, 0.2) is 4.99 Å². The van der Waals surface area contributed by atoms with Crippen molar-refractivity contribution in [1.29, 1.82) is 0 Å². The predicted molar refractivity (Wildman–Crippen MR) is 111 cm³/mol. The molecule has 0 spiro atoms. The molecular weight excluding hydrogens is 439 g/mol. The van der Waals surface area contributed by atoms with Crippen molar-refractivity contribution < 1.29 is 8.42 Å². The van der Waals surface area contributed by atoms with Gasteiger partial charge in [-0.25, -0.2) is 8.42 Å². The lowest BCUT2D eigenvalue weighted by Crippen LogP contribution is -2.44. The Bertz CT molecular complexity index is 476. The molecule has 142 valence electrons. The van der Waals surface area contributed by atoms with Crippen molar-refractivity contribution >= 4 is 39.8 Å². The molecule has 0 saturated carbocycles. The third kappa shape index (κ3) is 8.33. The SMILES string of the molecule is CCNC(=NCCCN1CCCCCC1)NC1CCS(=O)(=O)C1.I. The zero-order valence-corrected chi connectivity index (χ0v) is 17.9. The Morgan fingerprint density at radius 1 is 1.21 bits per heavy atom. The lowest BCUT2D eigenvalue weighted by molar-refractivity contribution is 0.283. The molecule has 8 heteroatoms. The largest absolute Gasteiger partial charge is 0.357 e. The number of rotatable bonds is 6. The minimum Gasteiger partial charge on any atom is -0.357 e. The Labute approximate surface area is 164 Å². The van der Waals surface area contributed by atoms with E-state index < -0.39 is 9.84 Å². The molecule has 0 bridgehead atoms. The standard InChI is InChI=1S/C16H32N4O2S.HI/c1-2-17-16(19-15-8-13-23(21,22)14-15)18-9-7-12-20-10-5-3-4-6-11-20;/h15H,2-14H2,1H3,(H2,17,18,19);1H. The second kappa shape index (κ2) is 11.5. The van der Waals surface area contributed by atoms with Crippen molar-refractivity contribution in [2.24, 2.45) is 4.99 Å². The summed E-state index contributed by atoms with van der Waals surface area (Å²) in [6.45, 7) is 7.16. The van der Waals surface area contributed by atoms with Crippen LogP contribution in [0.4, 0.5) is 0 Å². The van der Waals surface area contributed by atoms with Gasteiger partial charge in [0.2, 0.25) is 0 Å². The van der Waals surface area contributed by atoms with Gasteiger partial charge in [0.1, 0.15) is 0 Å². The molecule has 2 rings (SSSR count). The molecule has 0 aromatic heterocycles. The maximum absolute atomic E-state index is 11.5. The summed E-state index contributed by atoms with van der Waals surface area (Å²) in [5, 5.41) is 6.48. The molecule has 0 amide bonds. The molecule has 2 aliphatic rings. The summed E-state index contributed by atoms with van der Waals surface area (Å²) < 4.78 is 23.1. The Balaban J connectivity index is 0.00000288. The molecule has 0 aliphatic carbocycles. The van der Waals surface area contributed by atoms with Crippen LogP contribution in [-0.4, -0.2) is 69.5 Å². The van der Waals surface area contributed by atoms with E-state index in [0.717, 1.165) is 32.0 Å². The fourth-order valence-electron chi connectivity index (χ4n) is 3.27. The highest BCUT2D eigenvalue weighted by molar-refractivity contribution is 14.0. The zero-order chi connectivity index (χ0) is 16.5. The highest BCUT2D eigenvalue weighted by atomic mass is 127. The van der Waals surface area contributed by atoms with Crippen molar-refractivity contribution in [3.63, 3.8) is 0 Å². The summed E-state index contributed by atoms with van der Waals surface area (Å²) in [6.07, 6.45) is 7.12. The molecular formula is C16H33IN4O2S. The first-order chi connectivity index (χ1) is 11.1. The van der Waals surface area contributed by atoms with Gasteiger partial charge in [-0.3, -0.25) is 4.99 Å². The molecule has 2 saturated heterocycles. The van der Waals surface area contributed by atoms with Crippen LogP contribution in [0.2, 0.25) is 0 Å². The highest BCUT2D eigenvalue weighted by Crippen LogP contribution is 2.11. The molecule has 24 heavy (non-hydrogen) atoms. The van der Waals surface area contributed by atoms with E-state index in [2.05, 4.69) is 20.5 Å². The van der Waals surface area contributed by atoms with Crippen LogP contribution < -0.4 is 10.6 Å². The Hall–Kier alpha value is -0.0900. The summed E-state index contributed by atoms with van der Waals surface area (Å²) in [5.74, 6) is 1.27. The van der Waals surface area contributed by atoms with E-state index in [1.807, 2.05) is 6.92 Å². The molecule has 0 radical (unpaired) electrons. The number of guanidine groups is 1. The maximum Gasteiger partial charge on any atom is 0.191 e. The van der Waals surface area contributed by atoms with E-state index in [4.69, 9.17) is 0 Å². The van der Waals surface area contributed by atoms with Gasteiger partial charge in [0, 0.05) is 19.1 Å². The quantitative estimate of drug-likeness (QED) is 0.266. The monoisotopic (exact) mass is 472 g/mol. The van der Waals surface area contributed by atoms with Crippen LogP contribution >= 0.6 is 24.0 Å². The second-order valence-corrected chi connectivity index (χ2v) is 8.84. The minimum atomic E-state index is -2.85.